The Hall–Kier alpha value is -4.61. The predicted molar refractivity (Wildman–Crippen MR) is 176 cm³/mol. The quantitative estimate of drug-likeness (QED) is 0.0739. The summed E-state index contributed by atoms with van der Waals surface area (Å²) in [6.45, 7) is 0.515. The molecule has 3 heterocycles. The highest BCUT2D eigenvalue weighted by molar-refractivity contribution is 8.16. The Morgan fingerprint density at radius 1 is 0.978 bits per heavy atom. The number of non-ortho nitro benzene ring substituents is 1. The number of ether oxygens (including phenoxy) is 2. The number of carbonyl (C=O) groups is 1. The second-order valence-corrected chi connectivity index (χ2v) is 12.8. The van der Waals surface area contributed by atoms with Gasteiger partial charge in [-0.25, -0.2) is 9.18 Å². The highest BCUT2D eigenvalue weighted by atomic mass is 32.2. The third-order valence-electron chi connectivity index (χ3n) is 7.85. The number of halogens is 1. The largest absolute Gasteiger partial charge is 0.493 e. The zero-order valence-electron chi connectivity index (χ0n) is 24.4. The lowest BCUT2D eigenvalue weighted by Gasteiger charge is -2.36. The van der Waals surface area contributed by atoms with Gasteiger partial charge in [-0.3, -0.25) is 15.1 Å². The van der Waals surface area contributed by atoms with Crippen LogP contribution in [0, 0.1) is 15.9 Å². The van der Waals surface area contributed by atoms with Crippen LogP contribution in [0.5, 0.6) is 5.75 Å². The van der Waals surface area contributed by atoms with Crippen molar-refractivity contribution in [3.05, 3.63) is 124 Å². The molecule has 3 aromatic carbocycles. The van der Waals surface area contributed by atoms with Crippen molar-refractivity contribution in [3.63, 3.8) is 0 Å². The lowest BCUT2D eigenvalue weighted by atomic mass is 9.95. The molecular formula is C34H28FN3O5S2. The van der Waals surface area contributed by atoms with E-state index in [1.54, 1.807) is 72.3 Å². The van der Waals surface area contributed by atoms with E-state index < -0.39 is 10.9 Å². The molecule has 5 aromatic rings. The van der Waals surface area contributed by atoms with Crippen molar-refractivity contribution in [2.75, 3.05) is 19.1 Å². The first-order valence-electron chi connectivity index (χ1n) is 14.0. The lowest BCUT2D eigenvalue weighted by molar-refractivity contribution is -0.384. The average Bonchev–Trinajstić information content (AvgIpc) is 3.48. The van der Waals surface area contributed by atoms with E-state index in [1.807, 2.05) is 12.1 Å². The van der Waals surface area contributed by atoms with Crippen LogP contribution in [-0.4, -0.2) is 40.0 Å². The minimum atomic E-state index is -0.588. The van der Waals surface area contributed by atoms with Crippen molar-refractivity contribution in [1.82, 2.24) is 9.97 Å². The molecule has 11 heteroatoms. The minimum Gasteiger partial charge on any atom is -0.493 e. The van der Waals surface area contributed by atoms with Crippen LogP contribution in [0.3, 0.4) is 0 Å². The van der Waals surface area contributed by atoms with Gasteiger partial charge in [-0.2, -0.15) is 0 Å². The summed E-state index contributed by atoms with van der Waals surface area (Å²) in [5.74, 6) is -0.163. The average molecular weight is 642 g/mol. The maximum Gasteiger partial charge on any atom is 0.341 e. The van der Waals surface area contributed by atoms with Crippen molar-refractivity contribution in [1.29, 1.82) is 0 Å². The van der Waals surface area contributed by atoms with Crippen LogP contribution in [0.15, 0.2) is 91.3 Å². The van der Waals surface area contributed by atoms with Gasteiger partial charge in [0.15, 0.2) is 0 Å². The number of aromatic amines is 1. The van der Waals surface area contributed by atoms with Gasteiger partial charge in [-0.05, 0) is 101 Å². The Morgan fingerprint density at radius 2 is 1.67 bits per heavy atom. The number of nitro benzene ring substituents is 1. The van der Waals surface area contributed by atoms with E-state index in [2.05, 4.69) is 28.5 Å². The van der Waals surface area contributed by atoms with Gasteiger partial charge in [0.05, 0.1) is 32.6 Å². The number of esters is 1. The van der Waals surface area contributed by atoms with Gasteiger partial charge in [0.1, 0.15) is 18.2 Å². The third-order valence-corrected chi connectivity index (χ3v) is 11.0. The molecule has 1 aliphatic rings. The number of fused-ring (bicyclic) bond motifs is 1. The van der Waals surface area contributed by atoms with Crippen LogP contribution in [0.4, 0.5) is 10.1 Å². The molecule has 2 aromatic heterocycles. The Kier molecular flexibility index (Phi) is 8.64. The molecule has 1 aliphatic heterocycles. The number of pyridine rings is 1. The Bertz CT molecular complexity index is 1860. The molecule has 0 radical (unpaired) electrons. The summed E-state index contributed by atoms with van der Waals surface area (Å²) in [6.07, 6.45) is 8.28. The number of hydrogen-bond acceptors (Lipinski definition) is 8. The highest BCUT2D eigenvalue weighted by Crippen LogP contribution is 2.53. The molecule has 0 spiro atoms. The van der Waals surface area contributed by atoms with Gasteiger partial charge >= 0.3 is 5.97 Å². The maximum atomic E-state index is 14.1. The fraction of sp³-hybridized carbons (Fsp3) is 0.176. The number of nitrogens with zero attached hydrogens (tertiary/aromatic N) is 2. The zero-order valence-corrected chi connectivity index (χ0v) is 26.0. The number of benzene rings is 3. The number of hydrogen-bond donors (Lipinski definition) is 1. The third kappa shape index (κ3) is 5.93. The van der Waals surface area contributed by atoms with E-state index in [9.17, 15) is 19.3 Å². The SMILES string of the molecule is CSC1(SC)CCOc2ccc(-c3[nH]c(-c4ccc(F)cc4)c(-c4ccncc4)c3C(=O)OCc3ccc([N+](=O)[O-])cc3)cc21. The Morgan fingerprint density at radius 3 is 2.33 bits per heavy atom. The summed E-state index contributed by atoms with van der Waals surface area (Å²) in [5.41, 5.74) is 5.79. The number of thioether (sulfide) groups is 2. The number of rotatable bonds is 9. The Balaban J connectivity index is 1.52. The molecule has 0 bridgehead atoms. The van der Waals surface area contributed by atoms with E-state index in [-0.39, 0.29) is 22.2 Å². The molecule has 0 saturated carbocycles. The summed E-state index contributed by atoms with van der Waals surface area (Å²) >= 11 is 3.52. The molecule has 1 N–H and O–H groups in total. The van der Waals surface area contributed by atoms with E-state index in [0.29, 0.717) is 40.2 Å². The molecule has 8 nitrogen and oxygen atoms in total. The van der Waals surface area contributed by atoms with E-state index in [1.165, 1.54) is 24.3 Å². The van der Waals surface area contributed by atoms with Crippen LogP contribution in [0.2, 0.25) is 0 Å². The van der Waals surface area contributed by atoms with Crippen molar-refractivity contribution >= 4 is 35.2 Å². The molecule has 0 aliphatic carbocycles. The lowest BCUT2D eigenvalue weighted by Crippen LogP contribution is -2.26. The molecule has 45 heavy (non-hydrogen) atoms. The second-order valence-electron chi connectivity index (χ2n) is 10.3. The fourth-order valence-electron chi connectivity index (χ4n) is 5.54. The first-order chi connectivity index (χ1) is 21.8. The topological polar surface area (TPSA) is 107 Å². The Labute approximate surface area is 267 Å². The van der Waals surface area contributed by atoms with Crippen LogP contribution < -0.4 is 4.74 Å². The summed E-state index contributed by atoms with van der Waals surface area (Å²) in [5, 5.41) is 11.1. The molecular weight excluding hydrogens is 614 g/mol. The van der Waals surface area contributed by atoms with Crippen LogP contribution in [-0.2, 0) is 15.4 Å². The van der Waals surface area contributed by atoms with Gasteiger partial charge in [-0.1, -0.05) is 0 Å². The first kappa shape index (κ1) is 30.4. The standard InChI is InChI=1S/C34H28FN3O5S2/c1-44-34(45-2)15-18-42-28-12-7-24(19-27(28)34)32-30(33(39)43-20-21-3-10-26(11-4-21)38(40)41)29(22-13-16-36-17-14-22)31(37-32)23-5-8-25(35)9-6-23/h3-14,16-17,19,37H,15,18,20H2,1-2H3. The van der Waals surface area contributed by atoms with Crippen molar-refractivity contribution in [3.8, 4) is 39.4 Å². The number of H-pyrrole nitrogens is 1. The second kappa shape index (κ2) is 12.8. The summed E-state index contributed by atoms with van der Waals surface area (Å²) in [6, 6.07) is 21.5. The van der Waals surface area contributed by atoms with Gasteiger partial charge in [0.2, 0.25) is 0 Å². The summed E-state index contributed by atoms with van der Waals surface area (Å²) in [4.78, 5) is 32.4. The number of carbonyl (C=O) groups excluding carboxylic acids is 1. The van der Waals surface area contributed by atoms with Crippen LogP contribution in [0.25, 0.3) is 33.6 Å². The smallest absolute Gasteiger partial charge is 0.341 e. The molecule has 0 amide bonds. The summed E-state index contributed by atoms with van der Waals surface area (Å²) < 4.78 is 25.7. The van der Waals surface area contributed by atoms with Gasteiger partial charge in [0.25, 0.3) is 5.69 Å². The normalized spacial score (nSPS) is 13.5. The van der Waals surface area contributed by atoms with Gasteiger partial charge in [-0.15, -0.1) is 23.5 Å². The van der Waals surface area contributed by atoms with Crippen molar-refractivity contribution in [2.24, 2.45) is 0 Å². The molecule has 0 fully saturated rings. The van der Waals surface area contributed by atoms with E-state index in [0.717, 1.165) is 28.9 Å². The van der Waals surface area contributed by atoms with Gasteiger partial charge in [0, 0.05) is 42.1 Å². The molecule has 228 valence electrons. The predicted octanol–water partition coefficient (Wildman–Crippen LogP) is 8.48. The van der Waals surface area contributed by atoms with Crippen molar-refractivity contribution in [2.45, 2.75) is 17.1 Å². The maximum absolute atomic E-state index is 14.1. The van der Waals surface area contributed by atoms with E-state index in [4.69, 9.17) is 9.47 Å². The molecule has 0 atom stereocenters. The zero-order chi connectivity index (χ0) is 31.6. The molecule has 0 saturated heterocycles. The first-order valence-corrected chi connectivity index (χ1v) is 16.5. The summed E-state index contributed by atoms with van der Waals surface area (Å²) in [7, 11) is 0. The van der Waals surface area contributed by atoms with Gasteiger partial charge < -0.3 is 14.5 Å². The molecule has 6 rings (SSSR count). The monoisotopic (exact) mass is 641 g/mol. The minimum absolute atomic E-state index is 0.0511. The van der Waals surface area contributed by atoms with Crippen LogP contribution >= 0.6 is 23.5 Å². The number of aromatic nitrogens is 2. The number of nitro groups is 1. The van der Waals surface area contributed by atoms with Crippen molar-refractivity contribution < 1.29 is 23.6 Å². The van der Waals surface area contributed by atoms with E-state index >= 15 is 0 Å². The highest BCUT2D eigenvalue weighted by Gasteiger charge is 2.37. The fourth-order valence-corrected chi connectivity index (χ4v) is 7.54. The molecule has 0 unspecified atom stereocenters. The van der Waals surface area contributed by atoms with Crippen LogP contribution in [0.1, 0.15) is 27.9 Å². The number of nitrogens with one attached hydrogen (secondary N) is 1.